The van der Waals surface area contributed by atoms with E-state index in [1.54, 1.807) is 6.92 Å². The summed E-state index contributed by atoms with van der Waals surface area (Å²) in [4.78, 5) is 10.8. The minimum atomic E-state index is -0.730. The van der Waals surface area contributed by atoms with Gasteiger partial charge in [-0.05, 0) is 34.5 Å². The Hall–Kier alpha value is -1.10. The Balaban J connectivity index is 3.50. The van der Waals surface area contributed by atoms with Crippen molar-refractivity contribution in [2.75, 3.05) is 5.73 Å². The summed E-state index contributed by atoms with van der Waals surface area (Å²) in [5.41, 5.74) is 10.7. The Morgan fingerprint density at radius 3 is 2.62 bits per heavy atom. The molecular formula is C8H8BrFN2O. The zero-order valence-electron chi connectivity index (χ0n) is 6.90. The van der Waals surface area contributed by atoms with E-state index >= 15 is 0 Å². The first-order valence-electron chi connectivity index (χ1n) is 3.49. The molecule has 0 aliphatic carbocycles. The summed E-state index contributed by atoms with van der Waals surface area (Å²) < 4.78 is 13.5. The summed E-state index contributed by atoms with van der Waals surface area (Å²) in [7, 11) is 0. The zero-order valence-corrected chi connectivity index (χ0v) is 8.48. The molecule has 5 heteroatoms. The van der Waals surface area contributed by atoms with Crippen LogP contribution in [0.3, 0.4) is 0 Å². The minimum Gasteiger partial charge on any atom is -0.396 e. The molecule has 0 saturated heterocycles. The molecule has 0 aliphatic heterocycles. The van der Waals surface area contributed by atoms with Crippen LogP contribution >= 0.6 is 15.9 Å². The summed E-state index contributed by atoms with van der Waals surface area (Å²) >= 11 is 3.01. The molecule has 0 aromatic heterocycles. The van der Waals surface area contributed by atoms with E-state index in [1.165, 1.54) is 6.07 Å². The van der Waals surface area contributed by atoms with Crippen LogP contribution in [0, 0.1) is 12.7 Å². The second-order valence-corrected chi connectivity index (χ2v) is 3.44. The summed E-state index contributed by atoms with van der Waals surface area (Å²) in [6.07, 6.45) is 0. The van der Waals surface area contributed by atoms with Gasteiger partial charge in [0.1, 0.15) is 0 Å². The van der Waals surface area contributed by atoms with Crippen LogP contribution in [0.15, 0.2) is 10.5 Å². The predicted molar refractivity (Wildman–Crippen MR) is 51.8 cm³/mol. The van der Waals surface area contributed by atoms with Crippen LogP contribution in [-0.4, -0.2) is 5.91 Å². The van der Waals surface area contributed by atoms with E-state index in [0.29, 0.717) is 5.56 Å². The number of benzene rings is 1. The molecule has 1 amide bonds. The lowest BCUT2D eigenvalue weighted by Gasteiger charge is -2.07. The number of amides is 1. The third-order valence-corrected chi connectivity index (χ3v) is 2.67. The van der Waals surface area contributed by atoms with E-state index in [9.17, 15) is 9.18 Å². The fourth-order valence-corrected chi connectivity index (χ4v) is 1.30. The molecule has 1 rings (SSSR count). The summed E-state index contributed by atoms with van der Waals surface area (Å²) in [5.74, 6) is -1.37. The number of anilines is 1. The van der Waals surface area contributed by atoms with Gasteiger partial charge >= 0.3 is 0 Å². The molecule has 4 N–H and O–H groups in total. The highest BCUT2D eigenvalue weighted by atomic mass is 79.9. The average Bonchev–Trinajstić information content (AvgIpc) is 2.07. The standard InChI is InChI=1S/C8H8BrFN2O/c1-3-2-4(8(12)13)7(11)6(10)5(3)9/h2H,11H2,1H3,(H2,12,13). The Morgan fingerprint density at radius 2 is 2.15 bits per heavy atom. The van der Waals surface area contributed by atoms with E-state index in [4.69, 9.17) is 11.5 Å². The van der Waals surface area contributed by atoms with Crippen LogP contribution in [0.25, 0.3) is 0 Å². The molecule has 3 nitrogen and oxygen atoms in total. The van der Waals surface area contributed by atoms with Gasteiger partial charge in [0, 0.05) is 0 Å². The van der Waals surface area contributed by atoms with Gasteiger partial charge in [-0.2, -0.15) is 0 Å². The second kappa shape index (κ2) is 3.33. The highest BCUT2D eigenvalue weighted by Gasteiger charge is 2.15. The van der Waals surface area contributed by atoms with E-state index in [1.807, 2.05) is 0 Å². The Bertz CT molecular complexity index is 379. The number of hydrogen-bond donors (Lipinski definition) is 2. The highest BCUT2D eigenvalue weighted by molar-refractivity contribution is 9.10. The average molecular weight is 247 g/mol. The number of primary amides is 1. The number of hydrogen-bond acceptors (Lipinski definition) is 2. The van der Waals surface area contributed by atoms with Crippen molar-refractivity contribution in [3.05, 3.63) is 27.5 Å². The van der Waals surface area contributed by atoms with Gasteiger partial charge in [-0.25, -0.2) is 4.39 Å². The van der Waals surface area contributed by atoms with E-state index in [-0.39, 0.29) is 15.7 Å². The molecule has 1 aromatic rings. The number of rotatable bonds is 1. The summed E-state index contributed by atoms with van der Waals surface area (Å²) in [6, 6.07) is 1.45. The number of aryl methyl sites for hydroxylation is 1. The van der Waals surface area contributed by atoms with E-state index < -0.39 is 11.7 Å². The number of carbonyl (C=O) groups is 1. The fourth-order valence-electron chi connectivity index (χ4n) is 0.971. The topological polar surface area (TPSA) is 69.1 Å². The molecule has 0 heterocycles. The Kier molecular flexibility index (Phi) is 2.56. The number of nitrogen functional groups attached to an aromatic ring is 1. The van der Waals surface area contributed by atoms with Crippen molar-refractivity contribution in [2.24, 2.45) is 5.73 Å². The zero-order chi connectivity index (χ0) is 10.2. The second-order valence-electron chi connectivity index (χ2n) is 2.65. The summed E-state index contributed by atoms with van der Waals surface area (Å²) in [6.45, 7) is 1.65. The smallest absolute Gasteiger partial charge is 0.250 e. The third-order valence-electron chi connectivity index (χ3n) is 1.69. The molecule has 0 bridgehead atoms. The monoisotopic (exact) mass is 246 g/mol. The van der Waals surface area contributed by atoms with Gasteiger partial charge in [0.2, 0.25) is 0 Å². The van der Waals surface area contributed by atoms with Crippen molar-refractivity contribution in [1.82, 2.24) is 0 Å². The maximum atomic E-state index is 13.2. The van der Waals surface area contributed by atoms with Crippen LogP contribution < -0.4 is 11.5 Å². The first kappa shape index (κ1) is 9.98. The van der Waals surface area contributed by atoms with Crippen molar-refractivity contribution >= 4 is 27.5 Å². The highest BCUT2D eigenvalue weighted by Crippen LogP contribution is 2.27. The van der Waals surface area contributed by atoms with Gasteiger partial charge < -0.3 is 11.5 Å². The lowest BCUT2D eigenvalue weighted by Crippen LogP contribution is -2.15. The normalized spacial score (nSPS) is 10.1. The van der Waals surface area contributed by atoms with Crippen LogP contribution in [0.5, 0.6) is 0 Å². The number of carbonyl (C=O) groups excluding carboxylic acids is 1. The van der Waals surface area contributed by atoms with Crippen molar-refractivity contribution in [3.63, 3.8) is 0 Å². The van der Waals surface area contributed by atoms with Crippen LogP contribution in [0.1, 0.15) is 15.9 Å². The van der Waals surface area contributed by atoms with Gasteiger partial charge in [-0.1, -0.05) is 0 Å². The van der Waals surface area contributed by atoms with E-state index in [0.717, 1.165) is 0 Å². The first-order chi connectivity index (χ1) is 5.95. The van der Waals surface area contributed by atoms with Crippen LogP contribution in [-0.2, 0) is 0 Å². The van der Waals surface area contributed by atoms with Crippen LogP contribution in [0.4, 0.5) is 10.1 Å². The number of halogens is 2. The van der Waals surface area contributed by atoms with E-state index in [2.05, 4.69) is 15.9 Å². The van der Waals surface area contributed by atoms with Gasteiger partial charge in [0.25, 0.3) is 5.91 Å². The number of nitrogens with two attached hydrogens (primary N) is 2. The molecule has 0 fully saturated rings. The van der Waals surface area contributed by atoms with Crippen LogP contribution in [0.2, 0.25) is 0 Å². The SMILES string of the molecule is Cc1cc(C(N)=O)c(N)c(F)c1Br. The van der Waals surface area contributed by atoms with Gasteiger partial charge in [0.05, 0.1) is 15.7 Å². The molecule has 0 spiro atoms. The first-order valence-corrected chi connectivity index (χ1v) is 4.28. The molecule has 0 saturated carbocycles. The van der Waals surface area contributed by atoms with Crippen molar-refractivity contribution in [3.8, 4) is 0 Å². The van der Waals surface area contributed by atoms with Gasteiger partial charge in [-0.3, -0.25) is 4.79 Å². The van der Waals surface area contributed by atoms with Gasteiger partial charge in [-0.15, -0.1) is 0 Å². The molecule has 1 aromatic carbocycles. The fraction of sp³-hybridized carbons (Fsp3) is 0.125. The Morgan fingerprint density at radius 1 is 1.62 bits per heavy atom. The van der Waals surface area contributed by atoms with Crippen molar-refractivity contribution < 1.29 is 9.18 Å². The molecule has 70 valence electrons. The predicted octanol–water partition coefficient (Wildman–Crippen LogP) is 1.58. The third kappa shape index (κ3) is 1.65. The minimum absolute atomic E-state index is 0.0122. The maximum Gasteiger partial charge on any atom is 0.250 e. The molecule has 0 aliphatic rings. The quantitative estimate of drug-likeness (QED) is 0.739. The molecule has 0 atom stereocenters. The molecule has 0 radical (unpaired) electrons. The molecule has 0 unspecified atom stereocenters. The Labute approximate surface area is 83.0 Å². The lowest BCUT2D eigenvalue weighted by molar-refractivity contribution is 0.100. The molecule has 13 heavy (non-hydrogen) atoms. The lowest BCUT2D eigenvalue weighted by atomic mass is 10.1. The van der Waals surface area contributed by atoms with Crippen molar-refractivity contribution in [1.29, 1.82) is 0 Å². The maximum absolute atomic E-state index is 13.2. The molecular weight excluding hydrogens is 239 g/mol. The largest absolute Gasteiger partial charge is 0.396 e. The van der Waals surface area contributed by atoms with Crippen molar-refractivity contribution in [2.45, 2.75) is 6.92 Å². The van der Waals surface area contributed by atoms with Gasteiger partial charge in [0.15, 0.2) is 5.82 Å². The summed E-state index contributed by atoms with van der Waals surface area (Å²) in [5, 5.41) is 0.